The number of ketones is 3. The number of Topliss-reactive ketones (excluding diaryl/α,β-unsaturated/α-hetero) is 3. The minimum absolute atomic E-state index is 0.0179. The number of rotatable bonds is 28. The fourth-order valence-electron chi connectivity index (χ4n) is 7.70. The molecule has 3 N–H and O–H groups in total. The number of aliphatic carboxylic acids is 1. The molecular weight excluding hydrogens is 821 g/mol. The molecule has 11 heteroatoms. The maximum atomic E-state index is 14.0. The van der Waals surface area contributed by atoms with E-state index in [1.165, 1.54) is 5.56 Å². The van der Waals surface area contributed by atoms with Crippen LogP contribution in [-0.4, -0.2) is 69.6 Å². The Balaban J connectivity index is 1.64. The van der Waals surface area contributed by atoms with Gasteiger partial charge in [0.25, 0.3) is 0 Å². The molecule has 0 aliphatic rings. The number of carboxylic acid groups (broad SMARTS) is 1. The Labute approximate surface area is 388 Å². The van der Waals surface area contributed by atoms with E-state index in [1.807, 2.05) is 72.7 Å². The van der Waals surface area contributed by atoms with Gasteiger partial charge in [-0.05, 0) is 109 Å². The highest BCUT2D eigenvalue weighted by molar-refractivity contribution is 5.97. The van der Waals surface area contributed by atoms with E-state index < -0.39 is 64.8 Å². The van der Waals surface area contributed by atoms with E-state index in [0.29, 0.717) is 36.1 Å². The molecule has 0 saturated heterocycles. The Kier molecular flexibility index (Phi) is 21.8. The van der Waals surface area contributed by atoms with Crippen molar-refractivity contribution in [1.82, 2.24) is 10.6 Å². The van der Waals surface area contributed by atoms with Gasteiger partial charge in [-0.2, -0.15) is 0 Å². The first kappa shape index (κ1) is 54.2. The van der Waals surface area contributed by atoms with Crippen molar-refractivity contribution in [3.8, 4) is 16.9 Å². The number of amides is 2. The second kappa shape index (κ2) is 26.1. The zero-order chi connectivity index (χ0) is 48.3. The third kappa shape index (κ3) is 19.9. The van der Waals surface area contributed by atoms with Crippen molar-refractivity contribution in [3.05, 3.63) is 89.5 Å². The van der Waals surface area contributed by atoms with Crippen molar-refractivity contribution in [2.24, 2.45) is 11.8 Å². The predicted molar refractivity (Wildman–Crippen MR) is 257 cm³/mol. The van der Waals surface area contributed by atoms with Crippen LogP contribution < -0.4 is 15.4 Å². The molecule has 3 aromatic carbocycles. The second-order valence-electron chi connectivity index (χ2n) is 19.5. The molecule has 0 aliphatic carbocycles. The van der Waals surface area contributed by atoms with Gasteiger partial charge < -0.3 is 25.2 Å². The summed E-state index contributed by atoms with van der Waals surface area (Å²) in [5, 5.41) is 15.5. The number of unbranched alkanes of at least 4 members (excludes halogenated alkanes) is 3. The molecule has 0 aromatic heterocycles. The standard InChI is InChI=1S/C54H76N2O9/c1-11-13-15-18-43(35-44(57)19-16-20-47(58)42-29-27-41(28-30-42)40-25-21-38(22-26-40)17-14-12-2)51(61)56-49(37(4)64-53(5,6)7)48(59)33-36(3)50(60)55-46(52(62)63)34-39-23-31-45(32-24-39)65-54(8,9)10/h21-32,36-37,43,46,49H,11-20,33-35H2,1-10H3,(H,55,60)(H,56,61)(H,62,63)/t36-,37-,43-,46+,49+/m1/s1. The Bertz CT molecular complexity index is 1990. The van der Waals surface area contributed by atoms with Crippen molar-refractivity contribution in [3.63, 3.8) is 0 Å². The van der Waals surface area contributed by atoms with Crippen molar-refractivity contribution in [1.29, 1.82) is 0 Å². The number of hydrogen-bond acceptors (Lipinski definition) is 8. The van der Waals surface area contributed by atoms with Gasteiger partial charge >= 0.3 is 5.97 Å². The van der Waals surface area contributed by atoms with E-state index in [9.17, 15) is 33.9 Å². The van der Waals surface area contributed by atoms with Gasteiger partial charge in [0.15, 0.2) is 11.6 Å². The van der Waals surface area contributed by atoms with Crippen LogP contribution in [0, 0.1) is 11.8 Å². The number of aryl methyl sites for hydroxylation is 1. The Morgan fingerprint density at radius 1 is 0.646 bits per heavy atom. The van der Waals surface area contributed by atoms with Crippen molar-refractivity contribution in [2.45, 2.75) is 182 Å². The van der Waals surface area contributed by atoms with Crippen LogP contribution in [0.4, 0.5) is 0 Å². The van der Waals surface area contributed by atoms with E-state index in [0.717, 1.165) is 43.2 Å². The number of benzene rings is 3. The molecule has 0 fully saturated rings. The quantitative estimate of drug-likeness (QED) is 0.0475. The molecule has 65 heavy (non-hydrogen) atoms. The molecule has 0 radical (unpaired) electrons. The fourth-order valence-corrected chi connectivity index (χ4v) is 7.70. The molecule has 0 saturated carbocycles. The van der Waals surface area contributed by atoms with Crippen molar-refractivity contribution >= 4 is 35.1 Å². The number of carbonyl (C=O) groups excluding carboxylic acids is 5. The predicted octanol–water partition coefficient (Wildman–Crippen LogP) is 10.5. The van der Waals surface area contributed by atoms with Gasteiger partial charge in [0, 0.05) is 49.5 Å². The van der Waals surface area contributed by atoms with E-state index >= 15 is 0 Å². The molecule has 0 aliphatic heterocycles. The average molecular weight is 897 g/mol. The van der Waals surface area contributed by atoms with Crippen LogP contribution in [0.3, 0.4) is 0 Å². The normalized spacial score (nSPS) is 14.1. The van der Waals surface area contributed by atoms with Crippen molar-refractivity contribution in [2.75, 3.05) is 0 Å². The maximum Gasteiger partial charge on any atom is 0.326 e. The summed E-state index contributed by atoms with van der Waals surface area (Å²) in [4.78, 5) is 80.2. The summed E-state index contributed by atoms with van der Waals surface area (Å²) in [5.41, 5.74) is 3.62. The highest BCUT2D eigenvalue weighted by Crippen LogP contribution is 2.24. The van der Waals surface area contributed by atoms with E-state index in [4.69, 9.17) is 9.47 Å². The summed E-state index contributed by atoms with van der Waals surface area (Å²) in [6.45, 7) is 18.7. The number of carboxylic acids is 1. The number of carbonyl (C=O) groups is 6. The lowest BCUT2D eigenvalue weighted by atomic mass is 9.91. The summed E-state index contributed by atoms with van der Waals surface area (Å²) in [5.74, 6) is -3.93. The lowest BCUT2D eigenvalue weighted by Gasteiger charge is -2.32. The highest BCUT2D eigenvalue weighted by atomic mass is 16.5. The van der Waals surface area contributed by atoms with Crippen LogP contribution in [0.2, 0.25) is 0 Å². The van der Waals surface area contributed by atoms with Crippen molar-refractivity contribution < 1.29 is 43.3 Å². The number of hydrogen-bond donors (Lipinski definition) is 3. The first-order valence-corrected chi connectivity index (χ1v) is 23.6. The molecule has 3 rings (SSSR count). The lowest BCUT2D eigenvalue weighted by Crippen LogP contribution is -2.53. The van der Waals surface area contributed by atoms with Gasteiger partial charge in [-0.1, -0.05) is 107 Å². The minimum Gasteiger partial charge on any atom is -0.488 e. The van der Waals surface area contributed by atoms with Crippen LogP contribution in [-0.2, 0) is 41.6 Å². The first-order chi connectivity index (χ1) is 30.6. The van der Waals surface area contributed by atoms with Crippen LogP contribution in [0.15, 0.2) is 72.8 Å². The molecule has 0 unspecified atom stereocenters. The van der Waals surface area contributed by atoms with Gasteiger partial charge in [0.05, 0.1) is 11.7 Å². The molecule has 11 nitrogen and oxygen atoms in total. The Hall–Kier alpha value is -5.16. The maximum absolute atomic E-state index is 14.0. The zero-order valence-corrected chi connectivity index (χ0v) is 40.7. The van der Waals surface area contributed by atoms with Crippen LogP contribution in [0.1, 0.15) is 161 Å². The largest absolute Gasteiger partial charge is 0.488 e. The molecule has 0 spiro atoms. The summed E-state index contributed by atoms with van der Waals surface area (Å²) >= 11 is 0. The molecular formula is C54H76N2O9. The molecule has 3 aromatic rings. The molecule has 5 atom stereocenters. The summed E-state index contributed by atoms with van der Waals surface area (Å²) in [6.07, 6.45) is 5.88. The molecule has 0 heterocycles. The zero-order valence-electron chi connectivity index (χ0n) is 40.7. The monoisotopic (exact) mass is 897 g/mol. The highest BCUT2D eigenvalue weighted by Gasteiger charge is 2.35. The number of nitrogens with one attached hydrogen (secondary N) is 2. The summed E-state index contributed by atoms with van der Waals surface area (Å²) < 4.78 is 12.0. The number of ether oxygens (including phenoxy) is 2. The van der Waals surface area contributed by atoms with Gasteiger partial charge in [-0.15, -0.1) is 0 Å². The minimum atomic E-state index is -1.25. The van der Waals surface area contributed by atoms with E-state index in [1.54, 1.807) is 38.1 Å². The van der Waals surface area contributed by atoms with Crippen LogP contribution >= 0.6 is 0 Å². The summed E-state index contributed by atoms with van der Waals surface area (Å²) in [7, 11) is 0. The Morgan fingerprint density at radius 2 is 1.23 bits per heavy atom. The fraction of sp³-hybridized carbons (Fsp3) is 0.556. The summed E-state index contributed by atoms with van der Waals surface area (Å²) in [6, 6.07) is 20.7. The molecule has 0 bridgehead atoms. The molecule has 2 amide bonds. The average Bonchev–Trinajstić information content (AvgIpc) is 3.23. The topological polar surface area (TPSA) is 165 Å². The van der Waals surface area contributed by atoms with E-state index in [2.05, 4.69) is 41.8 Å². The SMILES string of the molecule is CCCCC[C@H](CC(=O)CCCC(=O)c1ccc(-c2ccc(CCCC)cc2)cc1)C(=O)N[C@H](C(=O)C[C@@H](C)C(=O)N[C@@H](Cc1ccc(OC(C)(C)C)cc1)C(=O)O)[C@@H](C)OC(C)(C)C. The molecule has 356 valence electrons. The first-order valence-electron chi connectivity index (χ1n) is 23.6. The van der Waals surface area contributed by atoms with Gasteiger partial charge in [0.2, 0.25) is 11.8 Å². The van der Waals surface area contributed by atoms with Crippen LogP contribution in [0.25, 0.3) is 11.1 Å². The smallest absolute Gasteiger partial charge is 0.326 e. The van der Waals surface area contributed by atoms with Gasteiger partial charge in [-0.25, -0.2) is 4.79 Å². The van der Waals surface area contributed by atoms with E-state index in [-0.39, 0.29) is 43.7 Å². The van der Waals surface area contributed by atoms with Gasteiger partial charge in [0.1, 0.15) is 29.2 Å². The second-order valence-corrected chi connectivity index (χ2v) is 19.5. The Morgan fingerprint density at radius 3 is 1.78 bits per heavy atom. The third-order valence-corrected chi connectivity index (χ3v) is 11.2. The van der Waals surface area contributed by atoms with Gasteiger partial charge in [-0.3, -0.25) is 24.0 Å². The lowest BCUT2D eigenvalue weighted by molar-refractivity contribution is -0.143. The third-order valence-electron chi connectivity index (χ3n) is 11.2. The van der Waals surface area contributed by atoms with Crippen LogP contribution in [0.5, 0.6) is 5.75 Å².